The van der Waals surface area contributed by atoms with E-state index in [4.69, 9.17) is 32.8 Å². The molecule has 1 heterocycles. The van der Waals surface area contributed by atoms with E-state index in [2.05, 4.69) is 5.48 Å². The van der Waals surface area contributed by atoms with Crippen LogP contribution < -0.4 is 5.48 Å². The lowest BCUT2D eigenvalue weighted by Crippen LogP contribution is -2.42. The molecule has 0 spiro atoms. The first kappa shape index (κ1) is 21.5. The Morgan fingerprint density at radius 3 is 2.29 bits per heavy atom. The van der Waals surface area contributed by atoms with E-state index in [0.29, 0.717) is 21.9 Å². The Balaban J connectivity index is 1.92. The minimum atomic E-state index is -4.82. The molecule has 31 heavy (non-hydrogen) atoms. The summed E-state index contributed by atoms with van der Waals surface area (Å²) in [7, 11) is 1.26. The van der Waals surface area contributed by atoms with Crippen molar-refractivity contribution in [2.45, 2.75) is 11.8 Å². The van der Waals surface area contributed by atoms with E-state index < -0.39 is 17.7 Å². The van der Waals surface area contributed by atoms with Crippen LogP contribution in [0, 0.1) is 0 Å². The van der Waals surface area contributed by atoms with Gasteiger partial charge in [-0.3, -0.25) is 10.3 Å². The van der Waals surface area contributed by atoms with Gasteiger partial charge in [0.2, 0.25) is 5.60 Å². The van der Waals surface area contributed by atoms with E-state index in [0.717, 1.165) is 18.2 Å². The van der Waals surface area contributed by atoms with Crippen molar-refractivity contribution in [1.29, 1.82) is 0 Å². The van der Waals surface area contributed by atoms with E-state index >= 15 is 0 Å². The van der Waals surface area contributed by atoms with Gasteiger partial charge >= 0.3 is 12.1 Å². The third-order valence-corrected chi connectivity index (χ3v) is 5.44. The molecule has 0 radical (unpaired) electrons. The van der Waals surface area contributed by atoms with Crippen molar-refractivity contribution < 1.29 is 27.5 Å². The Morgan fingerprint density at radius 2 is 1.68 bits per heavy atom. The highest BCUT2D eigenvalue weighted by atomic mass is 35.5. The molecule has 1 N–H and O–H groups in total. The number of nitrogens with one attached hydrogen (secondary N) is 1. The number of ether oxygens (including phenoxy) is 1. The van der Waals surface area contributed by atoms with Crippen LogP contribution in [0.2, 0.25) is 10.0 Å². The summed E-state index contributed by atoms with van der Waals surface area (Å²) < 4.78 is 47.5. The van der Waals surface area contributed by atoms with Crippen molar-refractivity contribution in [1.82, 2.24) is 5.48 Å². The van der Waals surface area contributed by atoms with Crippen LogP contribution >= 0.6 is 23.2 Å². The summed E-state index contributed by atoms with van der Waals surface area (Å²) in [6, 6.07) is 13.5. The van der Waals surface area contributed by atoms with Crippen LogP contribution in [0.25, 0.3) is 16.5 Å². The van der Waals surface area contributed by atoms with Gasteiger partial charge in [0, 0.05) is 21.2 Å². The molecule has 0 saturated carbocycles. The maximum absolute atomic E-state index is 14.2. The second-order valence-corrected chi connectivity index (χ2v) is 7.72. The highest BCUT2D eigenvalue weighted by Gasteiger charge is 2.59. The number of hydroxylamine groups is 1. The van der Waals surface area contributed by atoms with Crippen molar-refractivity contribution in [3.63, 3.8) is 0 Å². The number of hydrogen-bond acceptors (Lipinski definition) is 4. The highest BCUT2D eigenvalue weighted by Crippen LogP contribution is 2.48. The topological polar surface area (TPSA) is 47.6 Å². The number of benzene rings is 3. The number of halogens is 5. The average molecular weight is 468 g/mol. The molecule has 0 aromatic heterocycles. The van der Waals surface area contributed by atoms with Gasteiger partial charge in [0.15, 0.2) is 0 Å². The van der Waals surface area contributed by atoms with Crippen LogP contribution in [0.3, 0.4) is 0 Å². The van der Waals surface area contributed by atoms with Gasteiger partial charge in [-0.1, -0.05) is 53.5 Å². The number of methoxy groups -OCH3 is 1. The first-order chi connectivity index (χ1) is 14.7. The lowest BCUT2D eigenvalue weighted by molar-refractivity contribution is -0.269. The first-order valence-electron chi connectivity index (χ1n) is 8.97. The zero-order valence-corrected chi connectivity index (χ0v) is 17.4. The number of carbonyl (C=O) groups is 1. The minimum Gasteiger partial charge on any atom is -0.465 e. The van der Waals surface area contributed by atoms with Gasteiger partial charge in [0.1, 0.15) is 0 Å². The second kappa shape index (κ2) is 7.75. The Kier molecular flexibility index (Phi) is 5.37. The number of fused-ring (bicyclic) bond motifs is 1. The third-order valence-electron chi connectivity index (χ3n) is 5.00. The fourth-order valence-electron chi connectivity index (χ4n) is 3.57. The monoisotopic (exact) mass is 467 g/mol. The molecule has 0 aliphatic carbocycles. The van der Waals surface area contributed by atoms with Gasteiger partial charge in [-0.2, -0.15) is 13.2 Å². The number of carbonyl (C=O) groups excluding carboxylic acids is 1. The van der Waals surface area contributed by atoms with Gasteiger partial charge in [0.25, 0.3) is 0 Å². The molecule has 1 atom stereocenters. The molecule has 0 amide bonds. The van der Waals surface area contributed by atoms with Crippen molar-refractivity contribution >= 4 is 45.6 Å². The summed E-state index contributed by atoms with van der Waals surface area (Å²) in [4.78, 5) is 17.2. The zero-order chi connectivity index (χ0) is 22.4. The van der Waals surface area contributed by atoms with Crippen molar-refractivity contribution in [2.24, 2.45) is 0 Å². The number of esters is 1. The molecule has 0 saturated heterocycles. The van der Waals surface area contributed by atoms with Crippen molar-refractivity contribution in [2.75, 3.05) is 7.11 Å². The van der Waals surface area contributed by atoms with E-state index in [1.165, 1.54) is 25.3 Å². The van der Waals surface area contributed by atoms with E-state index in [9.17, 15) is 18.0 Å². The predicted molar refractivity (Wildman–Crippen MR) is 112 cm³/mol. The molecule has 0 bridgehead atoms. The summed E-state index contributed by atoms with van der Waals surface area (Å²) in [6.45, 7) is 0. The van der Waals surface area contributed by atoms with Gasteiger partial charge in [-0.15, -0.1) is 0 Å². The fraction of sp³-hybridized carbons (Fsp3) is 0.136. The third kappa shape index (κ3) is 3.63. The summed E-state index contributed by atoms with van der Waals surface area (Å²) in [6.07, 6.45) is -3.88. The number of alkyl halides is 3. The molecule has 4 nitrogen and oxygen atoms in total. The van der Waals surface area contributed by atoms with Crippen LogP contribution in [-0.2, 0) is 15.2 Å². The quantitative estimate of drug-likeness (QED) is 0.461. The molecule has 1 aliphatic heterocycles. The van der Waals surface area contributed by atoms with Crippen molar-refractivity contribution in [3.05, 3.63) is 87.4 Å². The molecule has 3 aromatic rings. The lowest BCUT2D eigenvalue weighted by atomic mass is 9.90. The van der Waals surface area contributed by atoms with Gasteiger partial charge in [-0.25, -0.2) is 4.79 Å². The molecular weight excluding hydrogens is 454 g/mol. The molecule has 1 aliphatic rings. The standard InChI is InChI=1S/C22H14Cl2F3NO3/c1-30-20(29)18-7-6-17(15-4-2-3-5-16(15)18)19-11-21(31-28-19,22(25,26)27)12-8-13(23)10-14(24)9-12/h2-11,28H,1H3. The van der Waals surface area contributed by atoms with E-state index in [1.807, 2.05) is 0 Å². The summed E-state index contributed by atoms with van der Waals surface area (Å²) in [5, 5.41) is 1.17. The van der Waals surface area contributed by atoms with Crippen LogP contribution in [-0.4, -0.2) is 19.3 Å². The molecular formula is C22H14Cl2F3NO3. The van der Waals surface area contributed by atoms with Gasteiger partial charge in [0.05, 0.1) is 18.4 Å². The highest BCUT2D eigenvalue weighted by molar-refractivity contribution is 6.34. The number of rotatable bonds is 3. The largest absolute Gasteiger partial charge is 0.465 e. The molecule has 1 unspecified atom stereocenters. The van der Waals surface area contributed by atoms with Crippen LogP contribution in [0.1, 0.15) is 21.5 Å². The summed E-state index contributed by atoms with van der Waals surface area (Å²) >= 11 is 11.9. The molecule has 3 aromatic carbocycles. The zero-order valence-electron chi connectivity index (χ0n) is 15.9. The second-order valence-electron chi connectivity index (χ2n) is 6.85. The Morgan fingerprint density at radius 1 is 1.03 bits per heavy atom. The molecule has 4 rings (SSSR count). The maximum atomic E-state index is 14.2. The molecule has 0 fully saturated rings. The first-order valence-corrected chi connectivity index (χ1v) is 9.72. The minimum absolute atomic E-state index is 0.0458. The molecule has 9 heteroatoms. The van der Waals surface area contributed by atoms with Gasteiger partial charge < -0.3 is 4.74 Å². The summed E-state index contributed by atoms with van der Waals surface area (Å²) in [5.74, 6) is -0.550. The van der Waals surface area contributed by atoms with Crippen LogP contribution in [0.15, 0.2) is 60.7 Å². The average Bonchev–Trinajstić information content (AvgIpc) is 3.18. The van der Waals surface area contributed by atoms with E-state index in [-0.39, 0.29) is 21.3 Å². The Labute approximate surface area is 185 Å². The Bertz CT molecular complexity index is 1210. The Hall–Kier alpha value is -2.74. The summed E-state index contributed by atoms with van der Waals surface area (Å²) in [5.41, 5.74) is 0.126. The van der Waals surface area contributed by atoms with E-state index in [1.54, 1.807) is 24.3 Å². The maximum Gasteiger partial charge on any atom is 0.428 e. The van der Waals surface area contributed by atoms with Crippen molar-refractivity contribution in [3.8, 4) is 0 Å². The normalized spacial score (nSPS) is 18.6. The molecule has 160 valence electrons. The lowest BCUT2D eigenvalue weighted by Gasteiger charge is -2.28. The van der Waals surface area contributed by atoms with Crippen LogP contribution in [0.5, 0.6) is 0 Å². The predicted octanol–water partition coefficient (Wildman–Crippen LogP) is 6.27. The SMILES string of the molecule is COC(=O)c1ccc(C2=CC(c3cc(Cl)cc(Cl)c3)(C(F)(F)F)ON2)c2ccccc12. The smallest absolute Gasteiger partial charge is 0.428 e. The number of hydrogen-bond donors (Lipinski definition) is 1. The fourth-order valence-corrected chi connectivity index (χ4v) is 4.09. The van der Waals surface area contributed by atoms with Gasteiger partial charge in [-0.05, 0) is 41.1 Å². The van der Waals surface area contributed by atoms with Crippen LogP contribution in [0.4, 0.5) is 13.2 Å².